The molecule has 0 spiro atoms. The van der Waals surface area contributed by atoms with Gasteiger partial charge >= 0.3 is 6.09 Å². The van der Waals surface area contributed by atoms with Gasteiger partial charge in [0.15, 0.2) is 0 Å². The lowest BCUT2D eigenvalue weighted by Crippen LogP contribution is -2.47. The molecule has 5 nitrogen and oxygen atoms in total. The van der Waals surface area contributed by atoms with Crippen molar-refractivity contribution >= 4 is 6.09 Å². The smallest absolute Gasteiger partial charge is 0.408 e. The normalized spacial score (nSPS) is 16.2. The fourth-order valence-electron chi connectivity index (χ4n) is 0.579. The molecule has 0 aromatic carbocycles. The Morgan fingerprint density at radius 2 is 2.00 bits per heavy atom. The molecule has 0 radical (unpaired) electrons. The predicted octanol–water partition coefficient (Wildman–Crippen LogP) is 0.177. The zero-order valence-electron chi connectivity index (χ0n) is 8.50. The minimum absolute atomic E-state index is 0.519. The molecule has 0 bridgehead atoms. The van der Waals surface area contributed by atoms with Crippen LogP contribution < -0.4 is 11.1 Å². The number of alkyl carbamates (subject to hydrolysis) is 1. The molecule has 13 heavy (non-hydrogen) atoms. The van der Waals surface area contributed by atoms with Crippen LogP contribution in [0.1, 0.15) is 27.7 Å². The van der Waals surface area contributed by atoms with Gasteiger partial charge in [-0.1, -0.05) is 0 Å². The molecule has 0 saturated carbocycles. The molecule has 0 aromatic heterocycles. The van der Waals surface area contributed by atoms with Crippen LogP contribution in [0, 0.1) is 0 Å². The van der Waals surface area contributed by atoms with Gasteiger partial charge in [-0.05, 0) is 27.7 Å². The molecule has 5 heteroatoms. The first kappa shape index (κ1) is 12.2. The van der Waals surface area contributed by atoms with Crippen LogP contribution in [0.2, 0.25) is 0 Å². The highest BCUT2D eigenvalue weighted by molar-refractivity contribution is 5.68. The van der Waals surface area contributed by atoms with E-state index in [4.69, 9.17) is 15.6 Å². The van der Waals surface area contributed by atoms with Crippen LogP contribution >= 0.6 is 0 Å². The standard InChI is InChI=1S/C8H18N2O3/c1-5(6(9)11)10-7(12)13-8(2,3)4/h5-6,11H,9H2,1-4H3,(H,10,12). The second-order valence-electron chi connectivity index (χ2n) is 3.93. The number of hydrogen-bond acceptors (Lipinski definition) is 4. The lowest BCUT2D eigenvalue weighted by molar-refractivity contribution is 0.0441. The van der Waals surface area contributed by atoms with Gasteiger partial charge in [-0.2, -0.15) is 0 Å². The van der Waals surface area contributed by atoms with Crippen molar-refractivity contribution in [2.45, 2.75) is 45.6 Å². The van der Waals surface area contributed by atoms with Crippen molar-refractivity contribution < 1.29 is 14.6 Å². The minimum atomic E-state index is -1.08. The Hall–Kier alpha value is -0.810. The SMILES string of the molecule is CC(NC(=O)OC(C)(C)C)C(N)O. The van der Waals surface area contributed by atoms with Crippen molar-refractivity contribution in [3.63, 3.8) is 0 Å². The van der Waals surface area contributed by atoms with Crippen molar-refractivity contribution in [3.8, 4) is 0 Å². The minimum Gasteiger partial charge on any atom is -0.444 e. The Bertz CT molecular complexity index is 175. The van der Waals surface area contributed by atoms with Crippen LogP contribution in [0.15, 0.2) is 0 Å². The highest BCUT2D eigenvalue weighted by Gasteiger charge is 2.19. The summed E-state index contributed by atoms with van der Waals surface area (Å²) >= 11 is 0. The Kier molecular flexibility index (Phi) is 4.16. The summed E-state index contributed by atoms with van der Waals surface area (Å²) in [4.78, 5) is 11.1. The van der Waals surface area contributed by atoms with Crippen LogP contribution in [-0.2, 0) is 4.74 Å². The van der Waals surface area contributed by atoms with Gasteiger partial charge in [0, 0.05) is 0 Å². The Balaban J connectivity index is 3.89. The molecule has 0 heterocycles. The molecule has 2 unspecified atom stereocenters. The number of aliphatic hydroxyl groups excluding tert-OH is 1. The van der Waals surface area contributed by atoms with Gasteiger partial charge in [-0.15, -0.1) is 0 Å². The third-order valence-electron chi connectivity index (χ3n) is 1.26. The quantitative estimate of drug-likeness (QED) is 0.542. The van der Waals surface area contributed by atoms with Gasteiger partial charge in [-0.25, -0.2) is 4.79 Å². The maximum atomic E-state index is 11.1. The second kappa shape index (κ2) is 4.43. The van der Waals surface area contributed by atoms with Crippen molar-refractivity contribution in [2.24, 2.45) is 5.73 Å². The largest absolute Gasteiger partial charge is 0.444 e. The average molecular weight is 190 g/mol. The summed E-state index contributed by atoms with van der Waals surface area (Å²) in [6.07, 6.45) is -1.66. The molecule has 4 N–H and O–H groups in total. The highest BCUT2D eigenvalue weighted by Crippen LogP contribution is 2.06. The van der Waals surface area contributed by atoms with Crippen molar-refractivity contribution in [1.29, 1.82) is 0 Å². The third kappa shape index (κ3) is 6.36. The Labute approximate surface area is 78.3 Å². The van der Waals surface area contributed by atoms with Gasteiger partial charge in [0.1, 0.15) is 11.8 Å². The van der Waals surface area contributed by atoms with Crippen LogP contribution in [0.3, 0.4) is 0 Å². The van der Waals surface area contributed by atoms with Crippen molar-refractivity contribution in [3.05, 3.63) is 0 Å². The van der Waals surface area contributed by atoms with E-state index in [9.17, 15) is 4.79 Å². The number of rotatable bonds is 2. The lowest BCUT2D eigenvalue weighted by Gasteiger charge is -2.22. The maximum absolute atomic E-state index is 11.1. The van der Waals surface area contributed by atoms with E-state index in [1.807, 2.05) is 0 Å². The fraction of sp³-hybridized carbons (Fsp3) is 0.875. The van der Waals surface area contributed by atoms with E-state index in [1.54, 1.807) is 27.7 Å². The molecule has 0 rings (SSSR count). The van der Waals surface area contributed by atoms with Crippen molar-refractivity contribution in [2.75, 3.05) is 0 Å². The third-order valence-corrected chi connectivity index (χ3v) is 1.26. The average Bonchev–Trinajstić information content (AvgIpc) is 1.81. The first-order valence-electron chi connectivity index (χ1n) is 4.15. The van der Waals surface area contributed by atoms with Gasteiger partial charge in [-0.3, -0.25) is 0 Å². The number of nitrogens with two attached hydrogens (primary N) is 1. The Morgan fingerprint density at radius 1 is 1.54 bits per heavy atom. The second-order valence-corrected chi connectivity index (χ2v) is 3.93. The van der Waals surface area contributed by atoms with E-state index in [0.29, 0.717) is 0 Å². The predicted molar refractivity (Wildman–Crippen MR) is 49.0 cm³/mol. The molecule has 0 aliphatic rings. The van der Waals surface area contributed by atoms with Crippen LogP contribution in [0.5, 0.6) is 0 Å². The summed E-state index contributed by atoms with van der Waals surface area (Å²) in [5.41, 5.74) is 4.59. The van der Waals surface area contributed by atoms with Crippen LogP contribution in [-0.4, -0.2) is 29.1 Å². The summed E-state index contributed by atoms with van der Waals surface area (Å²) in [5, 5.41) is 11.3. The number of nitrogens with one attached hydrogen (secondary N) is 1. The maximum Gasteiger partial charge on any atom is 0.408 e. The number of aliphatic hydroxyl groups is 1. The van der Waals surface area contributed by atoms with Gasteiger partial charge in [0.2, 0.25) is 0 Å². The summed E-state index contributed by atoms with van der Waals surface area (Å²) in [6, 6.07) is -0.519. The van der Waals surface area contributed by atoms with E-state index < -0.39 is 24.0 Å². The van der Waals surface area contributed by atoms with Crippen molar-refractivity contribution in [1.82, 2.24) is 5.32 Å². The summed E-state index contributed by atoms with van der Waals surface area (Å²) in [5.74, 6) is 0. The lowest BCUT2D eigenvalue weighted by atomic mass is 10.2. The van der Waals surface area contributed by atoms with E-state index in [1.165, 1.54) is 0 Å². The number of carbonyl (C=O) groups is 1. The molecule has 0 aromatic rings. The first-order valence-corrected chi connectivity index (χ1v) is 4.15. The molecular formula is C8H18N2O3. The molecule has 1 amide bonds. The summed E-state index contributed by atoms with van der Waals surface area (Å²) in [7, 11) is 0. The fourth-order valence-corrected chi connectivity index (χ4v) is 0.579. The zero-order valence-corrected chi connectivity index (χ0v) is 8.50. The van der Waals surface area contributed by atoms with Crippen LogP contribution in [0.4, 0.5) is 4.79 Å². The molecular weight excluding hydrogens is 172 g/mol. The molecule has 0 aliphatic heterocycles. The molecule has 0 saturated heterocycles. The highest BCUT2D eigenvalue weighted by atomic mass is 16.6. The Morgan fingerprint density at radius 3 is 2.31 bits per heavy atom. The number of carbonyl (C=O) groups excluding carboxylic acids is 1. The van der Waals surface area contributed by atoms with E-state index in [2.05, 4.69) is 5.32 Å². The zero-order chi connectivity index (χ0) is 10.6. The number of hydrogen-bond donors (Lipinski definition) is 3. The number of ether oxygens (including phenoxy) is 1. The van der Waals surface area contributed by atoms with Gasteiger partial charge < -0.3 is 20.9 Å². The van der Waals surface area contributed by atoms with E-state index in [0.717, 1.165) is 0 Å². The van der Waals surface area contributed by atoms with Gasteiger partial charge in [0.25, 0.3) is 0 Å². The van der Waals surface area contributed by atoms with E-state index in [-0.39, 0.29) is 0 Å². The number of amides is 1. The monoisotopic (exact) mass is 190 g/mol. The van der Waals surface area contributed by atoms with E-state index >= 15 is 0 Å². The molecule has 0 aliphatic carbocycles. The van der Waals surface area contributed by atoms with Crippen LogP contribution in [0.25, 0.3) is 0 Å². The molecule has 0 fully saturated rings. The summed E-state index contributed by atoms with van der Waals surface area (Å²) < 4.78 is 4.94. The summed E-state index contributed by atoms with van der Waals surface area (Å²) in [6.45, 7) is 6.87. The molecule has 2 atom stereocenters. The van der Waals surface area contributed by atoms with Gasteiger partial charge in [0.05, 0.1) is 6.04 Å². The molecule has 78 valence electrons. The first-order chi connectivity index (χ1) is 5.72. The topological polar surface area (TPSA) is 84.6 Å².